The molecule has 0 fully saturated rings. The Balaban J connectivity index is 2.64. The molecule has 0 saturated heterocycles. The lowest BCUT2D eigenvalue weighted by Crippen LogP contribution is -2.05. The summed E-state index contributed by atoms with van der Waals surface area (Å²) < 4.78 is 0.859. The summed E-state index contributed by atoms with van der Waals surface area (Å²) in [6.07, 6.45) is 3.06. The van der Waals surface area contributed by atoms with Gasteiger partial charge in [0, 0.05) is 16.1 Å². The van der Waals surface area contributed by atoms with Gasteiger partial charge < -0.3 is 9.97 Å². The number of halogens is 1. The van der Waals surface area contributed by atoms with Gasteiger partial charge in [-0.2, -0.15) is 0 Å². The average Bonchev–Trinajstić information content (AvgIpc) is 2.58. The number of pyridine rings is 1. The fourth-order valence-corrected chi connectivity index (χ4v) is 1.89. The third-order valence-corrected chi connectivity index (χ3v) is 2.64. The third kappa shape index (κ3) is 1.18. The summed E-state index contributed by atoms with van der Waals surface area (Å²) >= 11 is 3.33. The van der Waals surface area contributed by atoms with Crippen LogP contribution in [-0.4, -0.2) is 19.9 Å². The molecule has 15 heavy (non-hydrogen) atoms. The predicted molar refractivity (Wildman–Crippen MR) is 59.7 cm³/mol. The first-order valence-corrected chi connectivity index (χ1v) is 5.05. The van der Waals surface area contributed by atoms with Gasteiger partial charge in [-0.15, -0.1) is 0 Å². The summed E-state index contributed by atoms with van der Waals surface area (Å²) in [5.41, 5.74) is 1.58. The van der Waals surface area contributed by atoms with Crippen LogP contribution in [0.3, 0.4) is 0 Å². The van der Waals surface area contributed by atoms with Crippen molar-refractivity contribution in [1.29, 1.82) is 0 Å². The van der Waals surface area contributed by atoms with E-state index in [1.807, 2.05) is 6.07 Å². The molecule has 0 bridgehead atoms. The number of nitrogens with zero attached hydrogens (tertiary/aromatic N) is 2. The van der Waals surface area contributed by atoms with Gasteiger partial charge in [0.1, 0.15) is 16.7 Å². The molecule has 0 atom stereocenters. The van der Waals surface area contributed by atoms with E-state index in [0.29, 0.717) is 16.7 Å². The number of nitrogens with one attached hydrogen (secondary N) is 2. The average molecular weight is 265 g/mol. The zero-order chi connectivity index (χ0) is 10.4. The van der Waals surface area contributed by atoms with Crippen molar-refractivity contribution >= 4 is 38.0 Å². The van der Waals surface area contributed by atoms with Crippen LogP contribution in [0.15, 0.2) is 27.9 Å². The van der Waals surface area contributed by atoms with Crippen molar-refractivity contribution in [3.8, 4) is 0 Å². The third-order valence-electron chi connectivity index (χ3n) is 2.21. The summed E-state index contributed by atoms with van der Waals surface area (Å²) in [6.45, 7) is 0. The van der Waals surface area contributed by atoms with E-state index >= 15 is 0 Å². The topological polar surface area (TPSA) is 74.4 Å². The lowest BCUT2D eigenvalue weighted by Gasteiger charge is -1.89. The molecule has 0 spiro atoms. The molecule has 0 aromatic carbocycles. The fourth-order valence-electron chi connectivity index (χ4n) is 1.56. The Morgan fingerprint density at radius 2 is 2.20 bits per heavy atom. The molecule has 0 unspecified atom stereocenters. The van der Waals surface area contributed by atoms with Crippen molar-refractivity contribution in [3.63, 3.8) is 0 Å². The molecule has 6 heteroatoms. The minimum atomic E-state index is -0.186. The van der Waals surface area contributed by atoms with E-state index in [1.54, 1.807) is 6.20 Å². The highest BCUT2D eigenvalue weighted by molar-refractivity contribution is 9.10. The molecule has 0 radical (unpaired) electrons. The number of fused-ring (bicyclic) bond motifs is 3. The molecule has 0 amide bonds. The van der Waals surface area contributed by atoms with E-state index in [9.17, 15) is 4.79 Å². The summed E-state index contributed by atoms with van der Waals surface area (Å²) in [7, 11) is 0. The van der Waals surface area contributed by atoms with Crippen LogP contribution in [0.2, 0.25) is 0 Å². The quantitative estimate of drug-likeness (QED) is 0.647. The van der Waals surface area contributed by atoms with Crippen molar-refractivity contribution in [2.45, 2.75) is 0 Å². The Labute approximate surface area is 91.7 Å². The first-order chi connectivity index (χ1) is 7.25. The number of aromatic amines is 2. The Bertz CT molecular complexity index is 715. The molecular formula is C9H5BrN4O. The van der Waals surface area contributed by atoms with Crippen LogP contribution in [0.25, 0.3) is 22.1 Å². The molecule has 3 heterocycles. The van der Waals surface area contributed by atoms with Crippen LogP contribution in [-0.2, 0) is 0 Å². The van der Waals surface area contributed by atoms with E-state index in [2.05, 4.69) is 35.9 Å². The fraction of sp³-hybridized carbons (Fsp3) is 0. The zero-order valence-corrected chi connectivity index (χ0v) is 9.00. The van der Waals surface area contributed by atoms with Gasteiger partial charge in [-0.25, -0.2) is 9.97 Å². The molecule has 74 valence electrons. The standard InChI is InChI=1S/C9H5BrN4O/c10-4-1-5-6-7(9(15)13-3-12-6)14-8(5)11-2-4/h1-3H,(H,11,14)(H,12,13,15). The van der Waals surface area contributed by atoms with Crippen molar-refractivity contribution in [3.05, 3.63) is 33.4 Å². The van der Waals surface area contributed by atoms with E-state index in [0.717, 1.165) is 9.86 Å². The van der Waals surface area contributed by atoms with Gasteiger partial charge in [0.05, 0.1) is 6.33 Å². The molecule has 3 rings (SSSR count). The second-order valence-corrected chi connectivity index (χ2v) is 4.05. The SMILES string of the molecule is O=c1[nH]cnc2c1[nH]c1ncc(Br)cc12. The largest absolute Gasteiger partial charge is 0.333 e. The number of rotatable bonds is 0. The molecule has 0 aliphatic carbocycles. The first kappa shape index (κ1) is 8.60. The van der Waals surface area contributed by atoms with Gasteiger partial charge in [0.25, 0.3) is 5.56 Å². The predicted octanol–water partition coefficient (Wildman–Crippen LogP) is 1.56. The molecular weight excluding hydrogens is 260 g/mol. The van der Waals surface area contributed by atoms with Crippen molar-refractivity contribution in [2.75, 3.05) is 0 Å². The Hall–Kier alpha value is -1.69. The zero-order valence-electron chi connectivity index (χ0n) is 7.41. The molecule has 5 nitrogen and oxygen atoms in total. The normalized spacial score (nSPS) is 11.3. The van der Waals surface area contributed by atoms with Crippen LogP contribution in [0.5, 0.6) is 0 Å². The van der Waals surface area contributed by atoms with Gasteiger partial charge in [-0.1, -0.05) is 0 Å². The smallest absolute Gasteiger partial charge is 0.275 e. The highest BCUT2D eigenvalue weighted by Crippen LogP contribution is 2.22. The molecule has 0 saturated carbocycles. The maximum atomic E-state index is 11.5. The van der Waals surface area contributed by atoms with Crippen molar-refractivity contribution in [2.24, 2.45) is 0 Å². The van der Waals surface area contributed by atoms with Crippen molar-refractivity contribution in [1.82, 2.24) is 19.9 Å². The molecule has 2 N–H and O–H groups in total. The van der Waals surface area contributed by atoms with E-state index in [1.165, 1.54) is 6.33 Å². The molecule has 0 aliphatic rings. The molecule has 3 aromatic rings. The van der Waals surface area contributed by atoms with E-state index < -0.39 is 0 Å². The summed E-state index contributed by atoms with van der Waals surface area (Å²) in [6, 6.07) is 1.88. The van der Waals surface area contributed by atoms with Gasteiger partial charge in [0.2, 0.25) is 0 Å². The Morgan fingerprint density at radius 1 is 1.33 bits per heavy atom. The van der Waals surface area contributed by atoms with Crippen LogP contribution < -0.4 is 5.56 Å². The summed E-state index contributed by atoms with van der Waals surface area (Å²) in [5, 5.41) is 0.838. The number of aromatic nitrogens is 4. The number of hydrogen-bond donors (Lipinski definition) is 2. The second-order valence-electron chi connectivity index (χ2n) is 3.13. The lowest BCUT2D eigenvalue weighted by atomic mass is 10.3. The maximum absolute atomic E-state index is 11.5. The van der Waals surface area contributed by atoms with Crippen LogP contribution >= 0.6 is 15.9 Å². The van der Waals surface area contributed by atoms with E-state index in [4.69, 9.17) is 0 Å². The van der Waals surface area contributed by atoms with Crippen LogP contribution in [0.1, 0.15) is 0 Å². The highest BCUT2D eigenvalue weighted by atomic mass is 79.9. The van der Waals surface area contributed by atoms with Crippen LogP contribution in [0, 0.1) is 0 Å². The first-order valence-electron chi connectivity index (χ1n) is 4.26. The minimum Gasteiger partial charge on any atom is -0.333 e. The van der Waals surface area contributed by atoms with Crippen molar-refractivity contribution < 1.29 is 0 Å². The highest BCUT2D eigenvalue weighted by Gasteiger charge is 2.08. The number of H-pyrrole nitrogens is 2. The van der Waals surface area contributed by atoms with Gasteiger partial charge >= 0.3 is 0 Å². The maximum Gasteiger partial charge on any atom is 0.275 e. The Kier molecular flexibility index (Phi) is 1.66. The number of hydrogen-bond acceptors (Lipinski definition) is 3. The minimum absolute atomic E-state index is 0.186. The molecule has 3 aromatic heterocycles. The van der Waals surface area contributed by atoms with Gasteiger partial charge in [0.15, 0.2) is 0 Å². The molecule has 0 aliphatic heterocycles. The Morgan fingerprint density at radius 3 is 3.07 bits per heavy atom. The second kappa shape index (κ2) is 2.90. The van der Waals surface area contributed by atoms with Gasteiger partial charge in [-0.05, 0) is 22.0 Å². The summed E-state index contributed by atoms with van der Waals surface area (Å²) in [4.78, 5) is 25.2. The van der Waals surface area contributed by atoms with Crippen LogP contribution in [0.4, 0.5) is 0 Å². The monoisotopic (exact) mass is 264 g/mol. The summed E-state index contributed by atoms with van der Waals surface area (Å²) in [5.74, 6) is 0. The lowest BCUT2D eigenvalue weighted by molar-refractivity contribution is 1.16. The van der Waals surface area contributed by atoms with Gasteiger partial charge in [-0.3, -0.25) is 4.79 Å². The van der Waals surface area contributed by atoms with E-state index in [-0.39, 0.29) is 5.56 Å².